The summed E-state index contributed by atoms with van der Waals surface area (Å²) in [4.78, 5) is 26.0. The van der Waals surface area contributed by atoms with Crippen molar-refractivity contribution in [2.75, 3.05) is 4.90 Å². The summed E-state index contributed by atoms with van der Waals surface area (Å²) in [6, 6.07) is 21.3. The van der Waals surface area contributed by atoms with Gasteiger partial charge >= 0.3 is 0 Å². The number of hydrogen-bond donors (Lipinski definition) is 1. The molecule has 4 aliphatic rings. The number of phenolic OH excluding ortho intramolecular Hbond substituents is 1. The third-order valence-electron chi connectivity index (χ3n) is 6.71. The second-order valence-corrected chi connectivity index (χ2v) is 9.16. The van der Waals surface area contributed by atoms with Crippen molar-refractivity contribution < 1.29 is 14.7 Å². The summed E-state index contributed by atoms with van der Waals surface area (Å²) in [5.41, 5.74) is 3.16. The number of imide groups is 1. The summed E-state index contributed by atoms with van der Waals surface area (Å²) in [7, 11) is 0. The van der Waals surface area contributed by atoms with E-state index in [2.05, 4.69) is 0 Å². The molecule has 1 heterocycles. The Morgan fingerprint density at radius 3 is 1.43 bits per heavy atom. The summed E-state index contributed by atoms with van der Waals surface area (Å²) in [6.07, 6.45) is 0. The van der Waals surface area contributed by atoms with Crippen LogP contribution < -0.4 is 4.90 Å². The van der Waals surface area contributed by atoms with Gasteiger partial charge in [-0.15, -0.1) is 23.2 Å². The van der Waals surface area contributed by atoms with Gasteiger partial charge in [-0.05, 0) is 34.4 Å². The molecule has 148 valence electrons. The number of alkyl halides is 2. The topological polar surface area (TPSA) is 57.6 Å². The average Bonchev–Trinajstić information content (AvgIpc) is 3.04. The number of para-hydroxylation sites is 2. The first-order chi connectivity index (χ1) is 14.4. The second-order valence-electron chi connectivity index (χ2n) is 7.97. The highest BCUT2D eigenvalue weighted by Gasteiger charge is 2.73. The monoisotopic (exact) mass is 435 g/mol. The van der Waals surface area contributed by atoms with Crippen LogP contribution in [0.2, 0.25) is 0 Å². The number of hydrogen-bond acceptors (Lipinski definition) is 3. The zero-order valence-electron chi connectivity index (χ0n) is 15.5. The van der Waals surface area contributed by atoms with Gasteiger partial charge in [0.25, 0.3) is 0 Å². The largest absolute Gasteiger partial charge is 0.506 e. The third kappa shape index (κ3) is 1.81. The number of carbonyl (C=O) groups is 2. The Balaban J connectivity index is 1.68. The molecule has 0 spiro atoms. The summed E-state index contributed by atoms with van der Waals surface area (Å²) >= 11 is 14.7. The number of rotatable bonds is 1. The normalized spacial score (nSPS) is 30.8. The maximum Gasteiger partial charge on any atom is 0.240 e. The molecule has 3 aromatic rings. The molecule has 2 atom stereocenters. The number of nitrogens with zero attached hydrogens (tertiary/aromatic N) is 1. The Hall–Kier alpha value is -2.82. The number of aromatic hydroxyl groups is 1. The molecule has 1 saturated heterocycles. The fraction of sp³-hybridized carbons (Fsp3) is 0.167. The van der Waals surface area contributed by atoms with Gasteiger partial charge in [-0.2, -0.15) is 0 Å². The molecule has 4 nitrogen and oxygen atoms in total. The van der Waals surface area contributed by atoms with Crippen LogP contribution in [-0.2, 0) is 19.3 Å². The molecular formula is C24H15Cl2NO3. The maximum absolute atomic E-state index is 13.7. The van der Waals surface area contributed by atoms with Gasteiger partial charge < -0.3 is 5.11 Å². The number of anilines is 1. The van der Waals surface area contributed by atoms with Crippen molar-refractivity contribution >= 4 is 40.7 Å². The first kappa shape index (κ1) is 18.0. The third-order valence-corrected chi connectivity index (χ3v) is 7.99. The lowest BCUT2D eigenvalue weighted by Gasteiger charge is -2.54. The smallest absolute Gasteiger partial charge is 0.240 e. The van der Waals surface area contributed by atoms with Crippen molar-refractivity contribution in [2.45, 2.75) is 9.75 Å². The van der Waals surface area contributed by atoms with Crippen LogP contribution in [0.4, 0.5) is 5.69 Å². The van der Waals surface area contributed by atoms with Crippen LogP contribution >= 0.6 is 23.2 Å². The van der Waals surface area contributed by atoms with Crippen LogP contribution in [-0.4, -0.2) is 16.9 Å². The lowest BCUT2D eigenvalue weighted by Crippen LogP contribution is -2.57. The van der Waals surface area contributed by atoms with Gasteiger partial charge in [0, 0.05) is 0 Å². The first-order valence-corrected chi connectivity index (χ1v) is 10.4. The van der Waals surface area contributed by atoms with Crippen molar-refractivity contribution in [2.24, 2.45) is 11.8 Å². The molecule has 0 aromatic heterocycles. The molecule has 0 saturated carbocycles. The van der Waals surface area contributed by atoms with E-state index >= 15 is 0 Å². The molecule has 1 fully saturated rings. The van der Waals surface area contributed by atoms with Crippen LogP contribution in [0.3, 0.4) is 0 Å². The standard InChI is InChI=1S/C24H15Cl2NO3/c25-23-13-7-1-2-8-14(13)24(26,16-10-4-3-9-15(16)23)20-19(23)21(29)27(22(20)30)17-11-5-6-12-18(17)28/h1-12,19-20,28H/t19-,20-,23?,24?/m0/s1. The van der Waals surface area contributed by atoms with Crippen molar-refractivity contribution in [3.05, 3.63) is 95.1 Å². The summed E-state index contributed by atoms with van der Waals surface area (Å²) < 4.78 is 0. The van der Waals surface area contributed by atoms with E-state index in [1.54, 1.807) is 18.2 Å². The fourth-order valence-corrected chi connectivity index (χ4v) is 6.66. The second kappa shape index (κ2) is 5.65. The lowest BCUT2D eigenvalue weighted by molar-refractivity contribution is -0.122. The highest BCUT2D eigenvalue weighted by molar-refractivity contribution is 6.38. The molecule has 2 bridgehead atoms. The Morgan fingerprint density at radius 1 is 0.667 bits per heavy atom. The van der Waals surface area contributed by atoms with Crippen molar-refractivity contribution in [3.8, 4) is 5.75 Å². The number of carbonyl (C=O) groups excluding carboxylic acids is 2. The van der Waals surface area contributed by atoms with E-state index in [0.717, 1.165) is 27.2 Å². The Labute approximate surface area is 182 Å². The lowest BCUT2D eigenvalue weighted by atomic mass is 9.54. The molecule has 7 rings (SSSR count). The highest BCUT2D eigenvalue weighted by Crippen LogP contribution is 2.69. The Kier molecular flexibility index (Phi) is 3.39. The molecular weight excluding hydrogens is 421 g/mol. The molecule has 1 aliphatic heterocycles. The van der Waals surface area contributed by atoms with E-state index < -0.39 is 33.4 Å². The van der Waals surface area contributed by atoms with Gasteiger partial charge in [-0.3, -0.25) is 9.59 Å². The fourth-order valence-electron chi connectivity index (χ4n) is 5.56. The van der Waals surface area contributed by atoms with E-state index in [0.29, 0.717) is 0 Å². The van der Waals surface area contributed by atoms with Crippen LogP contribution in [0.1, 0.15) is 22.3 Å². The van der Waals surface area contributed by atoms with Gasteiger partial charge in [0.15, 0.2) is 0 Å². The quantitative estimate of drug-likeness (QED) is 0.452. The van der Waals surface area contributed by atoms with Gasteiger partial charge in [0.2, 0.25) is 11.8 Å². The molecule has 3 aliphatic carbocycles. The SMILES string of the molecule is O=C1[C@@H]2[C@@H](C(=O)N1c1ccccc1O)C1(Cl)c3ccccc3C2(Cl)c2ccccc21. The van der Waals surface area contributed by atoms with Crippen LogP contribution in [0.5, 0.6) is 5.75 Å². The Bertz CT molecular complexity index is 1150. The van der Waals surface area contributed by atoms with Gasteiger partial charge in [0.1, 0.15) is 15.5 Å². The van der Waals surface area contributed by atoms with Crippen LogP contribution in [0, 0.1) is 11.8 Å². The minimum atomic E-state index is -1.22. The van der Waals surface area contributed by atoms with Crippen molar-refractivity contribution in [3.63, 3.8) is 0 Å². The zero-order chi connectivity index (χ0) is 20.8. The number of halogens is 2. The van der Waals surface area contributed by atoms with Crippen molar-refractivity contribution in [1.29, 1.82) is 0 Å². The van der Waals surface area contributed by atoms with E-state index in [9.17, 15) is 14.7 Å². The van der Waals surface area contributed by atoms with Crippen molar-refractivity contribution in [1.82, 2.24) is 0 Å². The summed E-state index contributed by atoms with van der Waals surface area (Å²) in [5, 5.41) is 10.4. The molecule has 3 aromatic carbocycles. The predicted octanol–water partition coefficient (Wildman–Crippen LogP) is 4.49. The summed E-state index contributed by atoms with van der Waals surface area (Å²) in [5.74, 6) is -2.80. The van der Waals surface area contributed by atoms with E-state index in [-0.39, 0.29) is 11.4 Å². The number of benzene rings is 3. The minimum absolute atomic E-state index is 0.146. The molecule has 6 heteroatoms. The van der Waals surface area contributed by atoms with Crippen LogP contribution in [0.25, 0.3) is 0 Å². The molecule has 30 heavy (non-hydrogen) atoms. The predicted molar refractivity (Wildman–Crippen MR) is 114 cm³/mol. The number of phenols is 1. The van der Waals surface area contributed by atoms with Gasteiger partial charge in [0.05, 0.1) is 17.5 Å². The molecule has 0 radical (unpaired) electrons. The zero-order valence-corrected chi connectivity index (χ0v) is 17.1. The summed E-state index contributed by atoms with van der Waals surface area (Å²) in [6.45, 7) is 0. The average molecular weight is 436 g/mol. The van der Waals surface area contributed by atoms with E-state index in [4.69, 9.17) is 23.2 Å². The van der Waals surface area contributed by atoms with Gasteiger partial charge in [-0.1, -0.05) is 60.7 Å². The number of amides is 2. The first-order valence-electron chi connectivity index (χ1n) is 9.65. The minimum Gasteiger partial charge on any atom is -0.506 e. The molecule has 0 unspecified atom stereocenters. The molecule has 2 amide bonds. The Morgan fingerprint density at radius 2 is 1.03 bits per heavy atom. The van der Waals surface area contributed by atoms with E-state index in [1.807, 2.05) is 48.5 Å². The van der Waals surface area contributed by atoms with Gasteiger partial charge in [-0.25, -0.2) is 4.90 Å². The van der Waals surface area contributed by atoms with E-state index in [1.165, 1.54) is 6.07 Å². The molecule has 1 N–H and O–H groups in total. The maximum atomic E-state index is 13.7. The highest BCUT2D eigenvalue weighted by atomic mass is 35.5. The van der Waals surface area contributed by atoms with Crippen LogP contribution in [0.15, 0.2) is 72.8 Å².